The predicted octanol–water partition coefficient (Wildman–Crippen LogP) is -0.0656. The maximum absolute atomic E-state index is 10.8. The summed E-state index contributed by atoms with van der Waals surface area (Å²) in [5, 5.41) is 18.5. The normalized spacial score (nSPS) is 21.5. The van der Waals surface area contributed by atoms with Gasteiger partial charge >= 0.3 is 5.97 Å². The Hall–Kier alpha value is -0.650. The first-order chi connectivity index (χ1) is 7.08. The highest BCUT2D eigenvalue weighted by atomic mass is 16.5. The summed E-state index contributed by atoms with van der Waals surface area (Å²) in [6.07, 6.45) is 1.58. The minimum Gasteiger partial charge on any atom is -0.479 e. The Balaban J connectivity index is 2.26. The second-order valence-electron chi connectivity index (χ2n) is 4.02. The Morgan fingerprint density at radius 3 is 2.53 bits per heavy atom. The van der Waals surface area contributed by atoms with Crippen molar-refractivity contribution in [2.24, 2.45) is 0 Å². The number of carboxylic acids is 1. The van der Waals surface area contributed by atoms with E-state index in [1.807, 2.05) is 0 Å². The first-order valence-electron chi connectivity index (χ1n) is 5.25. The van der Waals surface area contributed by atoms with E-state index in [4.69, 9.17) is 9.84 Å². The van der Waals surface area contributed by atoms with Gasteiger partial charge in [0, 0.05) is 33.4 Å². The number of methoxy groups -OCH3 is 1. The van der Waals surface area contributed by atoms with Crippen molar-refractivity contribution < 1.29 is 19.7 Å². The molecule has 1 heterocycles. The SMILES string of the molecule is COCCCN1CCC(O)(C(=O)O)CC1. The third-order valence-electron chi connectivity index (χ3n) is 2.90. The molecular weight excluding hydrogens is 198 g/mol. The standard InChI is InChI=1S/C10H19NO4/c1-15-8-2-5-11-6-3-10(14,4-7-11)9(12)13/h14H,2-8H2,1H3,(H,12,13). The molecule has 2 N–H and O–H groups in total. The molecule has 0 saturated carbocycles. The Kier molecular flexibility index (Phi) is 4.50. The first kappa shape index (κ1) is 12.4. The van der Waals surface area contributed by atoms with Crippen LogP contribution in [0.5, 0.6) is 0 Å². The highest BCUT2D eigenvalue weighted by molar-refractivity contribution is 5.77. The molecule has 0 aromatic heterocycles. The quantitative estimate of drug-likeness (QED) is 0.631. The molecule has 1 saturated heterocycles. The molecule has 0 unspecified atom stereocenters. The summed E-state index contributed by atoms with van der Waals surface area (Å²) < 4.78 is 4.94. The number of aliphatic carboxylic acids is 1. The van der Waals surface area contributed by atoms with Gasteiger partial charge in [0.2, 0.25) is 0 Å². The largest absolute Gasteiger partial charge is 0.479 e. The summed E-state index contributed by atoms with van der Waals surface area (Å²) in [4.78, 5) is 12.9. The van der Waals surface area contributed by atoms with Crippen molar-refractivity contribution in [2.45, 2.75) is 24.9 Å². The Morgan fingerprint density at radius 1 is 1.47 bits per heavy atom. The minimum atomic E-state index is -1.50. The van der Waals surface area contributed by atoms with E-state index in [-0.39, 0.29) is 0 Å². The van der Waals surface area contributed by atoms with Crippen LogP contribution in [0.3, 0.4) is 0 Å². The van der Waals surface area contributed by atoms with Crippen LogP contribution >= 0.6 is 0 Å². The van der Waals surface area contributed by atoms with Gasteiger partial charge in [-0.05, 0) is 19.3 Å². The summed E-state index contributed by atoms with van der Waals surface area (Å²) >= 11 is 0. The van der Waals surface area contributed by atoms with Gasteiger partial charge in [0.1, 0.15) is 0 Å². The number of carbonyl (C=O) groups is 1. The zero-order chi connectivity index (χ0) is 11.3. The molecule has 0 radical (unpaired) electrons. The van der Waals surface area contributed by atoms with Gasteiger partial charge in [0.15, 0.2) is 5.60 Å². The number of rotatable bonds is 5. The van der Waals surface area contributed by atoms with Gasteiger partial charge in [0.05, 0.1) is 0 Å². The van der Waals surface area contributed by atoms with Crippen LogP contribution in [0.25, 0.3) is 0 Å². The van der Waals surface area contributed by atoms with Crippen LogP contribution in [0.1, 0.15) is 19.3 Å². The van der Waals surface area contributed by atoms with Gasteiger partial charge in [-0.1, -0.05) is 0 Å². The van der Waals surface area contributed by atoms with E-state index in [1.165, 1.54) is 0 Å². The Labute approximate surface area is 89.6 Å². The zero-order valence-electron chi connectivity index (χ0n) is 9.11. The number of nitrogens with zero attached hydrogens (tertiary/aromatic N) is 1. The second kappa shape index (κ2) is 5.44. The third kappa shape index (κ3) is 3.44. The van der Waals surface area contributed by atoms with Crippen molar-refractivity contribution in [3.05, 3.63) is 0 Å². The maximum Gasteiger partial charge on any atom is 0.335 e. The lowest BCUT2D eigenvalue weighted by atomic mass is 9.91. The highest BCUT2D eigenvalue weighted by Gasteiger charge is 2.38. The summed E-state index contributed by atoms with van der Waals surface area (Å²) in [5.74, 6) is -1.10. The third-order valence-corrected chi connectivity index (χ3v) is 2.90. The highest BCUT2D eigenvalue weighted by Crippen LogP contribution is 2.22. The first-order valence-corrected chi connectivity index (χ1v) is 5.25. The van der Waals surface area contributed by atoms with Crippen LogP contribution in [-0.4, -0.2) is 60.0 Å². The van der Waals surface area contributed by atoms with Gasteiger partial charge in [-0.3, -0.25) is 0 Å². The van der Waals surface area contributed by atoms with E-state index in [9.17, 15) is 9.90 Å². The van der Waals surface area contributed by atoms with Crippen molar-refractivity contribution in [3.63, 3.8) is 0 Å². The number of hydrogen-bond acceptors (Lipinski definition) is 4. The fourth-order valence-corrected chi connectivity index (χ4v) is 1.79. The van der Waals surface area contributed by atoms with Crippen LogP contribution in [0, 0.1) is 0 Å². The van der Waals surface area contributed by atoms with Gasteiger partial charge in [-0.15, -0.1) is 0 Å². The number of aliphatic hydroxyl groups is 1. The number of likely N-dealkylation sites (tertiary alicyclic amines) is 1. The predicted molar refractivity (Wildman–Crippen MR) is 54.8 cm³/mol. The number of hydrogen-bond donors (Lipinski definition) is 2. The molecule has 0 spiro atoms. The molecule has 0 aromatic rings. The molecule has 1 fully saturated rings. The van der Waals surface area contributed by atoms with Crippen LogP contribution in [0.15, 0.2) is 0 Å². The Morgan fingerprint density at radius 2 is 2.07 bits per heavy atom. The van der Waals surface area contributed by atoms with Crippen molar-refractivity contribution in [2.75, 3.05) is 33.4 Å². The summed E-state index contributed by atoms with van der Waals surface area (Å²) in [6.45, 7) is 2.92. The van der Waals surface area contributed by atoms with Crippen molar-refractivity contribution in [1.29, 1.82) is 0 Å². The van der Waals surface area contributed by atoms with Gasteiger partial charge in [-0.25, -0.2) is 4.79 Å². The van der Waals surface area contributed by atoms with Crippen LogP contribution < -0.4 is 0 Å². The topological polar surface area (TPSA) is 70.0 Å². The molecule has 0 amide bonds. The fraction of sp³-hybridized carbons (Fsp3) is 0.900. The molecule has 0 atom stereocenters. The molecular formula is C10H19NO4. The van der Waals surface area contributed by atoms with E-state index < -0.39 is 11.6 Å². The van der Waals surface area contributed by atoms with Gasteiger partial charge in [-0.2, -0.15) is 0 Å². The lowest BCUT2D eigenvalue weighted by Gasteiger charge is -2.35. The lowest BCUT2D eigenvalue weighted by molar-refractivity contribution is -0.163. The number of ether oxygens (including phenoxy) is 1. The minimum absolute atomic E-state index is 0.315. The smallest absolute Gasteiger partial charge is 0.335 e. The summed E-state index contributed by atoms with van der Waals surface area (Å²) in [6, 6.07) is 0. The van der Waals surface area contributed by atoms with E-state index in [0.29, 0.717) is 25.9 Å². The molecule has 5 heteroatoms. The van der Waals surface area contributed by atoms with E-state index in [1.54, 1.807) is 7.11 Å². The molecule has 5 nitrogen and oxygen atoms in total. The van der Waals surface area contributed by atoms with Gasteiger partial charge < -0.3 is 19.8 Å². The average Bonchev–Trinajstić information content (AvgIpc) is 2.21. The molecule has 1 rings (SSSR count). The monoisotopic (exact) mass is 217 g/mol. The maximum atomic E-state index is 10.8. The van der Waals surface area contributed by atoms with E-state index in [2.05, 4.69) is 4.90 Å². The van der Waals surface area contributed by atoms with E-state index >= 15 is 0 Å². The second-order valence-corrected chi connectivity index (χ2v) is 4.02. The zero-order valence-corrected chi connectivity index (χ0v) is 9.11. The van der Waals surface area contributed by atoms with E-state index in [0.717, 1.165) is 19.6 Å². The summed E-state index contributed by atoms with van der Waals surface area (Å²) in [5.41, 5.74) is -1.50. The van der Waals surface area contributed by atoms with Crippen molar-refractivity contribution in [1.82, 2.24) is 4.90 Å². The Bertz CT molecular complexity index is 211. The van der Waals surface area contributed by atoms with Gasteiger partial charge in [0.25, 0.3) is 0 Å². The molecule has 0 aliphatic carbocycles. The number of carboxylic acid groups (broad SMARTS) is 1. The average molecular weight is 217 g/mol. The van der Waals surface area contributed by atoms with Crippen molar-refractivity contribution in [3.8, 4) is 0 Å². The molecule has 0 aromatic carbocycles. The van der Waals surface area contributed by atoms with Crippen LogP contribution in [0.2, 0.25) is 0 Å². The van der Waals surface area contributed by atoms with Crippen LogP contribution in [0.4, 0.5) is 0 Å². The fourth-order valence-electron chi connectivity index (χ4n) is 1.79. The van der Waals surface area contributed by atoms with Crippen molar-refractivity contribution >= 4 is 5.97 Å². The molecule has 88 valence electrons. The molecule has 1 aliphatic rings. The van der Waals surface area contributed by atoms with Crippen LogP contribution in [-0.2, 0) is 9.53 Å². The molecule has 1 aliphatic heterocycles. The molecule has 15 heavy (non-hydrogen) atoms. The lowest BCUT2D eigenvalue weighted by Crippen LogP contribution is -2.49. The molecule has 0 bridgehead atoms. The summed E-state index contributed by atoms with van der Waals surface area (Å²) in [7, 11) is 1.67. The number of piperidine rings is 1.